The van der Waals surface area contributed by atoms with Crippen molar-refractivity contribution in [2.24, 2.45) is 0 Å². The highest BCUT2D eigenvalue weighted by molar-refractivity contribution is 7.08. The second-order valence-electron chi connectivity index (χ2n) is 4.79. The fraction of sp³-hybridized carbons (Fsp3) is 0.667. The Morgan fingerprint density at radius 2 is 2.21 bits per heavy atom. The lowest BCUT2D eigenvalue weighted by Gasteiger charge is -2.25. The van der Waals surface area contributed by atoms with Gasteiger partial charge in [0.15, 0.2) is 0 Å². The van der Waals surface area contributed by atoms with E-state index < -0.39 is 0 Å². The third-order valence-corrected chi connectivity index (χ3v) is 4.08. The Kier molecular flexibility index (Phi) is 4.14. The molecule has 2 amide bonds. The number of aryl methyl sites for hydroxylation is 1. The maximum absolute atomic E-state index is 12.5. The number of rotatable bonds is 3. The second kappa shape index (κ2) is 5.64. The molecule has 0 spiro atoms. The first-order valence-electron chi connectivity index (χ1n) is 6.39. The van der Waals surface area contributed by atoms with Crippen molar-refractivity contribution in [2.45, 2.75) is 32.2 Å². The number of likely N-dealkylation sites (N-methyl/N-ethyl adjacent to an activating group) is 1. The maximum atomic E-state index is 12.5. The summed E-state index contributed by atoms with van der Waals surface area (Å²) in [5.74, 6) is -0.120. The SMILES string of the molecule is CCc1nnsc1C(=O)N1CCCC1C(=O)N(C)C. The van der Waals surface area contributed by atoms with Crippen LogP contribution in [0.1, 0.15) is 35.1 Å². The molecule has 0 bridgehead atoms. The molecule has 1 atom stereocenters. The number of likely N-dealkylation sites (tertiary alicyclic amines) is 1. The minimum Gasteiger partial charge on any atom is -0.347 e. The van der Waals surface area contributed by atoms with Crippen LogP contribution in [0.25, 0.3) is 0 Å². The van der Waals surface area contributed by atoms with Crippen LogP contribution in [0, 0.1) is 0 Å². The fourth-order valence-electron chi connectivity index (χ4n) is 2.30. The molecule has 1 aromatic rings. The minimum atomic E-state index is -0.339. The quantitative estimate of drug-likeness (QED) is 0.822. The summed E-state index contributed by atoms with van der Waals surface area (Å²) in [6, 6.07) is -0.339. The van der Waals surface area contributed by atoms with Gasteiger partial charge in [-0.15, -0.1) is 5.10 Å². The summed E-state index contributed by atoms with van der Waals surface area (Å²) in [6.45, 7) is 2.57. The van der Waals surface area contributed by atoms with Gasteiger partial charge in [0, 0.05) is 20.6 Å². The standard InChI is InChI=1S/C12H18N4O2S/c1-4-8-10(19-14-13-8)12(18)16-7-5-6-9(16)11(17)15(2)3/h9H,4-7H2,1-3H3. The average molecular weight is 282 g/mol. The second-order valence-corrected chi connectivity index (χ2v) is 5.55. The Balaban J connectivity index is 2.21. The number of nitrogens with zero attached hydrogens (tertiary/aromatic N) is 4. The lowest BCUT2D eigenvalue weighted by atomic mass is 10.2. The van der Waals surface area contributed by atoms with Gasteiger partial charge in [-0.25, -0.2) is 0 Å². The van der Waals surface area contributed by atoms with Gasteiger partial charge in [0.25, 0.3) is 5.91 Å². The highest BCUT2D eigenvalue weighted by Crippen LogP contribution is 2.23. The number of aromatic nitrogens is 2. The number of hydrogen-bond acceptors (Lipinski definition) is 5. The molecule has 2 rings (SSSR count). The first-order chi connectivity index (χ1) is 9.06. The number of carbonyl (C=O) groups is 2. The normalized spacial score (nSPS) is 18.7. The number of carbonyl (C=O) groups excluding carboxylic acids is 2. The average Bonchev–Trinajstić information content (AvgIpc) is 3.05. The van der Waals surface area contributed by atoms with Crippen LogP contribution < -0.4 is 0 Å². The Labute approximate surface area is 116 Å². The molecule has 1 aliphatic heterocycles. The zero-order chi connectivity index (χ0) is 14.0. The topological polar surface area (TPSA) is 66.4 Å². The summed E-state index contributed by atoms with van der Waals surface area (Å²) < 4.78 is 3.84. The Hall–Kier alpha value is -1.50. The van der Waals surface area contributed by atoms with Crippen molar-refractivity contribution in [3.63, 3.8) is 0 Å². The van der Waals surface area contributed by atoms with Crippen molar-refractivity contribution in [1.29, 1.82) is 0 Å². The van der Waals surface area contributed by atoms with Crippen molar-refractivity contribution in [1.82, 2.24) is 19.4 Å². The van der Waals surface area contributed by atoms with Gasteiger partial charge < -0.3 is 9.80 Å². The molecule has 1 aromatic heterocycles. The van der Waals surface area contributed by atoms with E-state index in [2.05, 4.69) is 9.59 Å². The summed E-state index contributed by atoms with van der Waals surface area (Å²) in [4.78, 5) is 28.4. The molecule has 0 aliphatic carbocycles. The van der Waals surface area contributed by atoms with E-state index in [1.54, 1.807) is 23.9 Å². The predicted molar refractivity (Wildman–Crippen MR) is 72.0 cm³/mol. The van der Waals surface area contributed by atoms with Crippen molar-refractivity contribution in [2.75, 3.05) is 20.6 Å². The van der Waals surface area contributed by atoms with Gasteiger partial charge in [-0.1, -0.05) is 11.4 Å². The molecule has 0 aromatic carbocycles. The van der Waals surface area contributed by atoms with Crippen LogP contribution in [0.4, 0.5) is 0 Å². The van der Waals surface area contributed by atoms with Crippen LogP contribution >= 0.6 is 11.5 Å². The van der Waals surface area contributed by atoms with Crippen LogP contribution in [0.15, 0.2) is 0 Å². The van der Waals surface area contributed by atoms with E-state index in [0.717, 1.165) is 30.1 Å². The van der Waals surface area contributed by atoms with Crippen LogP contribution in [-0.2, 0) is 11.2 Å². The molecule has 1 saturated heterocycles. The van der Waals surface area contributed by atoms with E-state index in [1.165, 1.54) is 0 Å². The smallest absolute Gasteiger partial charge is 0.268 e. The highest BCUT2D eigenvalue weighted by Gasteiger charge is 2.36. The maximum Gasteiger partial charge on any atom is 0.268 e. The number of amides is 2. The number of hydrogen-bond donors (Lipinski definition) is 0. The van der Waals surface area contributed by atoms with E-state index in [4.69, 9.17) is 0 Å². The Morgan fingerprint density at radius 3 is 2.84 bits per heavy atom. The van der Waals surface area contributed by atoms with Gasteiger partial charge in [-0.05, 0) is 30.8 Å². The zero-order valence-corrected chi connectivity index (χ0v) is 12.2. The molecule has 6 nitrogen and oxygen atoms in total. The third kappa shape index (κ3) is 2.60. The summed E-state index contributed by atoms with van der Waals surface area (Å²) >= 11 is 1.11. The molecule has 0 N–H and O–H groups in total. The van der Waals surface area contributed by atoms with E-state index >= 15 is 0 Å². The first-order valence-corrected chi connectivity index (χ1v) is 7.17. The summed E-state index contributed by atoms with van der Waals surface area (Å²) in [5.41, 5.74) is 0.720. The van der Waals surface area contributed by atoms with Crippen molar-refractivity contribution in [3.8, 4) is 0 Å². The van der Waals surface area contributed by atoms with Crippen LogP contribution in [0.5, 0.6) is 0 Å². The molecular weight excluding hydrogens is 264 g/mol. The molecule has 0 radical (unpaired) electrons. The third-order valence-electron chi connectivity index (χ3n) is 3.32. The van der Waals surface area contributed by atoms with E-state index in [0.29, 0.717) is 17.8 Å². The van der Waals surface area contributed by atoms with Crippen molar-refractivity contribution >= 4 is 23.3 Å². The summed E-state index contributed by atoms with van der Waals surface area (Å²) in [5, 5.41) is 3.96. The lowest BCUT2D eigenvalue weighted by Crippen LogP contribution is -2.45. The monoisotopic (exact) mass is 282 g/mol. The molecule has 1 fully saturated rings. The molecular formula is C12H18N4O2S. The predicted octanol–water partition coefficient (Wildman–Crippen LogP) is 0.793. The molecule has 0 saturated carbocycles. The Morgan fingerprint density at radius 1 is 1.47 bits per heavy atom. The van der Waals surface area contributed by atoms with Crippen LogP contribution in [0.3, 0.4) is 0 Å². The van der Waals surface area contributed by atoms with Crippen LogP contribution in [-0.4, -0.2) is 57.9 Å². The highest BCUT2D eigenvalue weighted by atomic mass is 32.1. The van der Waals surface area contributed by atoms with Gasteiger partial charge in [0.05, 0.1) is 5.69 Å². The van der Waals surface area contributed by atoms with Gasteiger partial charge in [0.1, 0.15) is 10.9 Å². The minimum absolute atomic E-state index is 0.0126. The molecule has 1 aliphatic rings. The van der Waals surface area contributed by atoms with Crippen molar-refractivity contribution < 1.29 is 9.59 Å². The van der Waals surface area contributed by atoms with Gasteiger partial charge >= 0.3 is 0 Å². The molecule has 7 heteroatoms. The molecule has 2 heterocycles. The molecule has 19 heavy (non-hydrogen) atoms. The van der Waals surface area contributed by atoms with Crippen LogP contribution in [0.2, 0.25) is 0 Å². The molecule has 1 unspecified atom stereocenters. The fourth-order valence-corrected chi connectivity index (χ4v) is 3.00. The van der Waals surface area contributed by atoms with E-state index in [9.17, 15) is 9.59 Å². The van der Waals surface area contributed by atoms with Gasteiger partial charge in [-0.3, -0.25) is 9.59 Å². The summed E-state index contributed by atoms with van der Waals surface area (Å²) in [7, 11) is 3.43. The van der Waals surface area contributed by atoms with Crippen molar-refractivity contribution in [3.05, 3.63) is 10.6 Å². The summed E-state index contributed by atoms with van der Waals surface area (Å²) in [6.07, 6.45) is 2.28. The lowest BCUT2D eigenvalue weighted by molar-refractivity contribution is -0.132. The van der Waals surface area contributed by atoms with Gasteiger partial charge in [-0.2, -0.15) is 0 Å². The van der Waals surface area contributed by atoms with E-state index in [1.807, 2.05) is 6.92 Å². The Bertz CT molecular complexity index is 486. The largest absolute Gasteiger partial charge is 0.347 e. The van der Waals surface area contributed by atoms with E-state index in [-0.39, 0.29) is 17.9 Å². The molecule has 104 valence electrons. The van der Waals surface area contributed by atoms with Gasteiger partial charge in [0.2, 0.25) is 5.91 Å². The zero-order valence-electron chi connectivity index (χ0n) is 11.4. The first kappa shape index (κ1) is 13.9.